The SMILES string of the molecule is CCC(NC(C)Cn1cccn1)c1ccc(Cl)cc1. The van der Waals surface area contributed by atoms with Crippen LogP contribution in [0.15, 0.2) is 42.7 Å². The monoisotopic (exact) mass is 277 g/mol. The zero-order valence-electron chi connectivity index (χ0n) is 11.4. The average molecular weight is 278 g/mol. The fraction of sp³-hybridized carbons (Fsp3) is 0.400. The van der Waals surface area contributed by atoms with E-state index in [1.165, 1.54) is 5.56 Å². The first-order valence-electron chi connectivity index (χ1n) is 6.68. The van der Waals surface area contributed by atoms with Crippen LogP contribution in [0.2, 0.25) is 5.02 Å². The number of benzene rings is 1. The summed E-state index contributed by atoms with van der Waals surface area (Å²) >= 11 is 5.93. The van der Waals surface area contributed by atoms with Crippen molar-refractivity contribution in [2.24, 2.45) is 0 Å². The lowest BCUT2D eigenvalue weighted by molar-refractivity contribution is 0.393. The topological polar surface area (TPSA) is 29.9 Å². The van der Waals surface area contributed by atoms with Crippen molar-refractivity contribution in [1.29, 1.82) is 0 Å². The van der Waals surface area contributed by atoms with E-state index in [1.54, 1.807) is 0 Å². The van der Waals surface area contributed by atoms with Gasteiger partial charge in [-0.25, -0.2) is 0 Å². The Morgan fingerprint density at radius 2 is 2.05 bits per heavy atom. The molecule has 3 nitrogen and oxygen atoms in total. The Balaban J connectivity index is 1.96. The van der Waals surface area contributed by atoms with Gasteiger partial charge in [0, 0.05) is 29.5 Å². The third-order valence-corrected chi connectivity index (χ3v) is 3.44. The Labute approximate surface area is 119 Å². The molecule has 0 aliphatic heterocycles. The summed E-state index contributed by atoms with van der Waals surface area (Å²) < 4.78 is 1.95. The summed E-state index contributed by atoms with van der Waals surface area (Å²) in [7, 11) is 0. The third kappa shape index (κ3) is 4.08. The van der Waals surface area contributed by atoms with Gasteiger partial charge in [-0.1, -0.05) is 30.7 Å². The van der Waals surface area contributed by atoms with Gasteiger partial charge in [-0.2, -0.15) is 5.10 Å². The number of hydrogen-bond donors (Lipinski definition) is 1. The van der Waals surface area contributed by atoms with Crippen LogP contribution in [0.25, 0.3) is 0 Å². The maximum absolute atomic E-state index is 5.93. The first-order chi connectivity index (χ1) is 9.19. The van der Waals surface area contributed by atoms with Gasteiger partial charge in [0.1, 0.15) is 0 Å². The molecule has 1 N–H and O–H groups in total. The van der Waals surface area contributed by atoms with Gasteiger partial charge in [0.25, 0.3) is 0 Å². The number of nitrogens with one attached hydrogen (secondary N) is 1. The van der Waals surface area contributed by atoms with Crippen LogP contribution >= 0.6 is 11.6 Å². The Hall–Kier alpha value is -1.32. The molecule has 0 aliphatic rings. The molecule has 2 atom stereocenters. The van der Waals surface area contributed by atoms with E-state index in [0.717, 1.165) is 18.0 Å². The fourth-order valence-electron chi connectivity index (χ4n) is 2.23. The molecular formula is C15H20ClN3. The smallest absolute Gasteiger partial charge is 0.0560 e. The summed E-state index contributed by atoms with van der Waals surface area (Å²) in [6.45, 7) is 5.24. The lowest BCUT2D eigenvalue weighted by Gasteiger charge is -2.23. The van der Waals surface area contributed by atoms with Gasteiger partial charge in [-0.3, -0.25) is 4.68 Å². The second kappa shape index (κ2) is 6.73. The van der Waals surface area contributed by atoms with Crippen molar-refractivity contribution < 1.29 is 0 Å². The van der Waals surface area contributed by atoms with Gasteiger partial charge in [-0.05, 0) is 37.1 Å². The molecule has 2 rings (SSSR count). The van der Waals surface area contributed by atoms with Crippen LogP contribution in [0.4, 0.5) is 0 Å². The molecule has 0 bridgehead atoms. The first-order valence-corrected chi connectivity index (χ1v) is 7.05. The lowest BCUT2D eigenvalue weighted by atomic mass is 10.0. The van der Waals surface area contributed by atoms with E-state index in [2.05, 4.69) is 36.4 Å². The number of halogens is 1. The minimum absolute atomic E-state index is 0.350. The molecule has 0 saturated carbocycles. The number of nitrogens with zero attached hydrogens (tertiary/aromatic N) is 2. The molecule has 0 amide bonds. The summed E-state index contributed by atoms with van der Waals surface area (Å²) in [5, 5.41) is 8.65. The Morgan fingerprint density at radius 1 is 1.32 bits per heavy atom. The number of rotatable bonds is 6. The van der Waals surface area contributed by atoms with E-state index in [4.69, 9.17) is 11.6 Å². The van der Waals surface area contributed by atoms with Gasteiger partial charge < -0.3 is 5.32 Å². The van der Waals surface area contributed by atoms with Crippen molar-refractivity contribution in [2.75, 3.05) is 0 Å². The summed E-state index contributed by atoms with van der Waals surface area (Å²) in [4.78, 5) is 0. The molecule has 0 saturated heterocycles. The van der Waals surface area contributed by atoms with Crippen LogP contribution in [0.3, 0.4) is 0 Å². The van der Waals surface area contributed by atoms with Gasteiger partial charge in [0.2, 0.25) is 0 Å². The van der Waals surface area contributed by atoms with Crippen LogP contribution < -0.4 is 5.32 Å². The van der Waals surface area contributed by atoms with Crippen LogP contribution in [-0.4, -0.2) is 15.8 Å². The largest absolute Gasteiger partial charge is 0.306 e. The maximum atomic E-state index is 5.93. The summed E-state index contributed by atoms with van der Waals surface area (Å²) in [6, 6.07) is 10.7. The van der Waals surface area contributed by atoms with Gasteiger partial charge in [0.05, 0.1) is 6.54 Å². The van der Waals surface area contributed by atoms with Crippen molar-refractivity contribution in [1.82, 2.24) is 15.1 Å². The highest BCUT2D eigenvalue weighted by Gasteiger charge is 2.12. The van der Waals surface area contributed by atoms with Gasteiger partial charge in [-0.15, -0.1) is 0 Å². The third-order valence-electron chi connectivity index (χ3n) is 3.19. The second-order valence-corrected chi connectivity index (χ2v) is 5.24. The van der Waals surface area contributed by atoms with Crippen molar-refractivity contribution in [2.45, 2.75) is 38.9 Å². The predicted molar refractivity (Wildman–Crippen MR) is 79.3 cm³/mol. The zero-order chi connectivity index (χ0) is 13.7. The van der Waals surface area contributed by atoms with Gasteiger partial charge in [0.15, 0.2) is 0 Å². The zero-order valence-corrected chi connectivity index (χ0v) is 12.1. The second-order valence-electron chi connectivity index (χ2n) is 4.81. The molecule has 0 fully saturated rings. The molecule has 2 aromatic rings. The molecule has 19 heavy (non-hydrogen) atoms. The molecule has 1 aromatic heterocycles. The maximum Gasteiger partial charge on any atom is 0.0560 e. The van der Waals surface area contributed by atoms with E-state index < -0.39 is 0 Å². The highest BCUT2D eigenvalue weighted by Crippen LogP contribution is 2.19. The van der Waals surface area contributed by atoms with Crippen molar-refractivity contribution in [3.05, 3.63) is 53.3 Å². The highest BCUT2D eigenvalue weighted by molar-refractivity contribution is 6.30. The standard InChI is InChI=1S/C15H20ClN3/c1-3-15(13-5-7-14(16)8-6-13)18-12(2)11-19-10-4-9-17-19/h4-10,12,15,18H,3,11H2,1-2H3. The lowest BCUT2D eigenvalue weighted by Crippen LogP contribution is -2.33. The molecule has 102 valence electrons. The van der Waals surface area contributed by atoms with Crippen LogP contribution in [0.1, 0.15) is 31.9 Å². The Kier molecular flexibility index (Phi) is 5.00. The molecular weight excluding hydrogens is 258 g/mol. The minimum Gasteiger partial charge on any atom is -0.306 e. The first kappa shape index (κ1) is 14.1. The summed E-state index contributed by atoms with van der Waals surface area (Å²) in [6.07, 6.45) is 4.84. The predicted octanol–water partition coefficient (Wildman–Crippen LogP) is 3.67. The van der Waals surface area contributed by atoms with Crippen LogP contribution in [0, 0.1) is 0 Å². The minimum atomic E-state index is 0.350. The summed E-state index contributed by atoms with van der Waals surface area (Å²) in [5.41, 5.74) is 1.28. The quantitative estimate of drug-likeness (QED) is 0.873. The van der Waals surface area contributed by atoms with Crippen molar-refractivity contribution >= 4 is 11.6 Å². The van der Waals surface area contributed by atoms with E-state index in [-0.39, 0.29) is 0 Å². The average Bonchev–Trinajstić information content (AvgIpc) is 2.90. The number of aromatic nitrogens is 2. The highest BCUT2D eigenvalue weighted by atomic mass is 35.5. The van der Waals surface area contributed by atoms with Crippen molar-refractivity contribution in [3.8, 4) is 0 Å². The molecule has 0 spiro atoms. The summed E-state index contributed by atoms with van der Waals surface area (Å²) in [5.74, 6) is 0. The van der Waals surface area contributed by atoms with Crippen LogP contribution in [-0.2, 0) is 6.54 Å². The normalized spacial score (nSPS) is 14.3. The van der Waals surface area contributed by atoms with E-state index in [0.29, 0.717) is 12.1 Å². The molecule has 2 unspecified atom stereocenters. The van der Waals surface area contributed by atoms with E-state index in [1.807, 2.05) is 35.3 Å². The molecule has 1 heterocycles. The molecule has 1 aromatic carbocycles. The molecule has 0 aliphatic carbocycles. The molecule has 0 radical (unpaired) electrons. The number of hydrogen-bond acceptors (Lipinski definition) is 2. The fourth-order valence-corrected chi connectivity index (χ4v) is 2.36. The van der Waals surface area contributed by atoms with Crippen LogP contribution in [0.5, 0.6) is 0 Å². The van der Waals surface area contributed by atoms with Crippen molar-refractivity contribution in [3.63, 3.8) is 0 Å². The van der Waals surface area contributed by atoms with E-state index >= 15 is 0 Å². The Morgan fingerprint density at radius 3 is 2.63 bits per heavy atom. The van der Waals surface area contributed by atoms with E-state index in [9.17, 15) is 0 Å². The van der Waals surface area contributed by atoms with Gasteiger partial charge >= 0.3 is 0 Å². The Bertz CT molecular complexity index is 479. The molecule has 4 heteroatoms.